The zero-order chi connectivity index (χ0) is 12.4. The Morgan fingerprint density at radius 1 is 0.941 bits per heavy atom. The van der Waals surface area contributed by atoms with Gasteiger partial charge in [-0.05, 0) is 59.8 Å². The molecular weight excluding hydrogens is 210 g/mol. The van der Waals surface area contributed by atoms with Gasteiger partial charge >= 0.3 is 0 Å². The summed E-state index contributed by atoms with van der Waals surface area (Å²) in [5.74, 6) is 0.934. The van der Waals surface area contributed by atoms with Crippen molar-refractivity contribution in [3.8, 4) is 0 Å². The molecule has 2 saturated heterocycles. The van der Waals surface area contributed by atoms with Crippen LogP contribution in [0.3, 0.4) is 0 Å². The van der Waals surface area contributed by atoms with Gasteiger partial charge in [-0.15, -0.1) is 0 Å². The van der Waals surface area contributed by atoms with Crippen molar-refractivity contribution in [2.24, 2.45) is 5.92 Å². The van der Waals surface area contributed by atoms with Crippen LogP contribution in [0.1, 0.15) is 26.7 Å². The van der Waals surface area contributed by atoms with Crippen LogP contribution in [0.4, 0.5) is 0 Å². The Bertz CT molecular complexity index is 236. The molecule has 0 amide bonds. The summed E-state index contributed by atoms with van der Waals surface area (Å²) in [5, 5.41) is 0. The molecule has 0 saturated carbocycles. The molecule has 2 rings (SSSR count). The lowest BCUT2D eigenvalue weighted by molar-refractivity contribution is 0.0398. The Labute approximate surface area is 107 Å². The van der Waals surface area contributed by atoms with Crippen molar-refractivity contribution in [3.63, 3.8) is 0 Å². The quantitative estimate of drug-likeness (QED) is 0.720. The van der Waals surface area contributed by atoms with Crippen LogP contribution in [0.25, 0.3) is 0 Å². The van der Waals surface area contributed by atoms with Crippen LogP contribution in [0, 0.1) is 5.92 Å². The number of hydrogen-bond donors (Lipinski definition) is 0. The molecule has 0 aromatic heterocycles. The summed E-state index contributed by atoms with van der Waals surface area (Å²) in [6, 6.07) is 1.45. The molecule has 2 fully saturated rings. The number of likely N-dealkylation sites (tertiary alicyclic amines) is 1. The summed E-state index contributed by atoms with van der Waals surface area (Å²) >= 11 is 0. The lowest BCUT2D eigenvalue weighted by atomic mass is 9.95. The molecule has 0 aliphatic carbocycles. The van der Waals surface area contributed by atoms with E-state index in [4.69, 9.17) is 0 Å². The zero-order valence-electron chi connectivity index (χ0n) is 12.0. The predicted molar refractivity (Wildman–Crippen MR) is 73.3 cm³/mol. The van der Waals surface area contributed by atoms with Gasteiger partial charge in [0.15, 0.2) is 0 Å². The predicted octanol–water partition coefficient (Wildman–Crippen LogP) is 1.35. The van der Waals surface area contributed by atoms with Gasteiger partial charge < -0.3 is 9.80 Å². The SMILES string of the molecule is CC1CN(CC2CCN(C)CC2)C(C)CN1C. The fourth-order valence-electron chi connectivity index (χ4n) is 3.20. The van der Waals surface area contributed by atoms with Gasteiger partial charge in [-0.2, -0.15) is 0 Å². The average molecular weight is 239 g/mol. The van der Waals surface area contributed by atoms with Gasteiger partial charge in [-0.25, -0.2) is 0 Å². The molecule has 2 unspecified atom stereocenters. The smallest absolute Gasteiger partial charge is 0.0195 e. The van der Waals surface area contributed by atoms with Crippen molar-refractivity contribution in [2.45, 2.75) is 38.8 Å². The Balaban J connectivity index is 1.82. The third-order valence-electron chi connectivity index (χ3n) is 4.76. The maximum absolute atomic E-state index is 2.72. The molecule has 17 heavy (non-hydrogen) atoms. The van der Waals surface area contributed by atoms with Crippen molar-refractivity contribution in [1.82, 2.24) is 14.7 Å². The van der Waals surface area contributed by atoms with Gasteiger partial charge in [-0.1, -0.05) is 0 Å². The second kappa shape index (κ2) is 5.68. The van der Waals surface area contributed by atoms with E-state index in [1.54, 1.807) is 0 Å². The molecule has 0 bridgehead atoms. The van der Waals surface area contributed by atoms with E-state index in [0.717, 1.165) is 18.0 Å². The van der Waals surface area contributed by atoms with Crippen molar-refractivity contribution >= 4 is 0 Å². The van der Waals surface area contributed by atoms with Crippen LogP contribution < -0.4 is 0 Å². The summed E-state index contributed by atoms with van der Waals surface area (Å²) in [5.41, 5.74) is 0. The number of hydrogen-bond acceptors (Lipinski definition) is 3. The maximum Gasteiger partial charge on any atom is 0.0195 e. The minimum atomic E-state index is 0.720. The van der Waals surface area contributed by atoms with Gasteiger partial charge in [0.05, 0.1) is 0 Å². The average Bonchev–Trinajstić information content (AvgIpc) is 2.29. The molecule has 3 nitrogen and oxygen atoms in total. The molecule has 2 atom stereocenters. The standard InChI is InChI=1S/C14H29N3/c1-12-10-17(13(2)9-16(12)4)11-14-5-7-15(3)8-6-14/h12-14H,5-11H2,1-4H3. The third kappa shape index (κ3) is 3.43. The van der Waals surface area contributed by atoms with Crippen LogP contribution >= 0.6 is 0 Å². The Morgan fingerprint density at radius 3 is 2.24 bits per heavy atom. The minimum absolute atomic E-state index is 0.720. The summed E-state index contributed by atoms with van der Waals surface area (Å²) in [6.07, 6.45) is 2.79. The fraction of sp³-hybridized carbons (Fsp3) is 1.00. The molecule has 0 radical (unpaired) electrons. The van der Waals surface area contributed by atoms with Gasteiger partial charge in [0.1, 0.15) is 0 Å². The van der Waals surface area contributed by atoms with Crippen LogP contribution in [-0.4, -0.2) is 73.6 Å². The molecule has 3 heteroatoms. The molecular formula is C14H29N3. The molecule has 2 heterocycles. The highest BCUT2D eigenvalue weighted by Crippen LogP contribution is 2.21. The summed E-state index contributed by atoms with van der Waals surface area (Å²) in [6.45, 7) is 11.1. The van der Waals surface area contributed by atoms with Crippen LogP contribution in [0.2, 0.25) is 0 Å². The summed E-state index contributed by atoms with van der Waals surface area (Å²) in [7, 11) is 4.50. The molecule has 0 spiro atoms. The molecule has 0 aromatic rings. The lowest BCUT2D eigenvalue weighted by Gasteiger charge is -2.44. The second-order valence-corrected chi connectivity index (χ2v) is 6.34. The first-order valence-electron chi connectivity index (χ1n) is 7.19. The first-order valence-corrected chi connectivity index (χ1v) is 7.19. The van der Waals surface area contributed by atoms with E-state index in [1.165, 1.54) is 45.6 Å². The second-order valence-electron chi connectivity index (χ2n) is 6.34. The highest BCUT2D eigenvalue weighted by molar-refractivity contribution is 4.85. The van der Waals surface area contributed by atoms with Crippen molar-refractivity contribution in [1.29, 1.82) is 0 Å². The first-order chi connectivity index (χ1) is 8.06. The van der Waals surface area contributed by atoms with E-state index in [1.807, 2.05) is 0 Å². The van der Waals surface area contributed by atoms with Gasteiger partial charge in [0.2, 0.25) is 0 Å². The minimum Gasteiger partial charge on any atom is -0.306 e. The maximum atomic E-state index is 2.72. The molecule has 2 aliphatic rings. The number of likely N-dealkylation sites (N-methyl/N-ethyl adjacent to an activating group) is 1. The molecule has 2 aliphatic heterocycles. The zero-order valence-corrected chi connectivity index (χ0v) is 12.0. The van der Waals surface area contributed by atoms with Crippen molar-refractivity contribution in [2.75, 3.05) is 46.8 Å². The summed E-state index contributed by atoms with van der Waals surface area (Å²) < 4.78 is 0. The van der Waals surface area contributed by atoms with Gasteiger partial charge in [0, 0.05) is 31.7 Å². The van der Waals surface area contributed by atoms with E-state index < -0.39 is 0 Å². The van der Waals surface area contributed by atoms with E-state index in [9.17, 15) is 0 Å². The molecule has 0 aromatic carbocycles. The number of piperidine rings is 1. The van der Waals surface area contributed by atoms with Gasteiger partial charge in [-0.3, -0.25) is 4.90 Å². The highest BCUT2D eigenvalue weighted by atomic mass is 15.3. The largest absolute Gasteiger partial charge is 0.306 e. The van der Waals surface area contributed by atoms with E-state index in [-0.39, 0.29) is 0 Å². The van der Waals surface area contributed by atoms with Crippen LogP contribution in [0.5, 0.6) is 0 Å². The van der Waals surface area contributed by atoms with Crippen molar-refractivity contribution < 1.29 is 0 Å². The Hall–Kier alpha value is -0.120. The fourth-order valence-corrected chi connectivity index (χ4v) is 3.20. The topological polar surface area (TPSA) is 9.72 Å². The highest BCUT2D eigenvalue weighted by Gasteiger charge is 2.29. The normalized spacial score (nSPS) is 35.3. The van der Waals surface area contributed by atoms with Crippen LogP contribution in [-0.2, 0) is 0 Å². The molecule has 100 valence electrons. The summed E-state index contributed by atoms with van der Waals surface area (Å²) in [4.78, 5) is 7.68. The third-order valence-corrected chi connectivity index (χ3v) is 4.76. The van der Waals surface area contributed by atoms with Gasteiger partial charge in [0.25, 0.3) is 0 Å². The van der Waals surface area contributed by atoms with Crippen LogP contribution in [0.15, 0.2) is 0 Å². The Morgan fingerprint density at radius 2 is 1.59 bits per heavy atom. The van der Waals surface area contributed by atoms with Crippen molar-refractivity contribution in [3.05, 3.63) is 0 Å². The molecule has 0 N–H and O–H groups in total. The van der Waals surface area contributed by atoms with E-state index in [2.05, 4.69) is 42.6 Å². The van der Waals surface area contributed by atoms with E-state index in [0.29, 0.717) is 0 Å². The lowest BCUT2D eigenvalue weighted by Crippen LogP contribution is -2.56. The van der Waals surface area contributed by atoms with E-state index >= 15 is 0 Å². The number of piperazine rings is 1. The first kappa shape index (κ1) is 13.3. The number of rotatable bonds is 2. The monoisotopic (exact) mass is 239 g/mol. The number of nitrogens with zero attached hydrogens (tertiary/aromatic N) is 3. The Kier molecular flexibility index (Phi) is 4.45.